The van der Waals surface area contributed by atoms with E-state index >= 15 is 0 Å². The topological polar surface area (TPSA) is 95.0 Å². The van der Waals surface area contributed by atoms with Gasteiger partial charge in [-0.1, -0.05) is 27.6 Å². The third-order valence-electron chi connectivity index (χ3n) is 8.42. The number of carbonyl (C=O) groups excluding carboxylic acids is 4. The maximum Gasteiger partial charge on any atom is 0.258 e. The minimum Gasteiger partial charge on any atom is -0.508 e. The van der Waals surface area contributed by atoms with Crippen LogP contribution in [0.25, 0.3) is 0 Å². The van der Waals surface area contributed by atoms with Crippen molar-refractivity contribution >= 4 is 68.4 Å². The van der Waals surface area contributed by atoms with Crippen molar-refractivity contribution in [1.82, 2.24) is 4.90 Å². The molecular formula is C27H20BrCl2FN2O5. The third kappa shape index (κ3) is 3.12. The fourth-order valence-corrected chi connectivity index (χ4v) is 7.96. The second kappa shape index (κ2) is 8.37. The van der Waals surface area contributed by atoms with E-state index in [0.717, 1.165) is 21.9 Å². The van der Waals surface area contributed by atoms with Crippen LogP contribution < -0.4 is 4.90 Å². The molecule has 38 heavy (non-hydrogen) atoms. The Bertz CT molecular complexity index is 1480. The highest BCUT2D eigenvalue weighted by Gasteiger charge is 2.76. The van der Waals surface area contributed by atoms with Crippen LogP contribution in [0.4, 0.5) is 10.1 Å². The normalized spacial score (nSPS) is 34.3. The molecule has 1 N–H and O–H groups in total. The van der Waals surface area contributed by atoms with Gasteiger partial charge >= 0.3 is 0 Å². The quantitative estimate of drug-likeness (QED) is 0.303. The number of hydrogen-bond donors (Lipinski definition) is 1. The zero-order valence-corrected chi connectivity index (χ0v) is 22.9. The van der Waals surface area contributed by atoms with Crippen molar-refractivity contribution in [2.24, 2.45) is 17.8 Å². The molecule has 0 radical (unpaired) electrons. The summed E-state index contributed by atoms with van der Waals surface area (Å²) in [6.45, 7) is 0. The van der Waals surface area contributed by atoms with Gasteiger partial charge in [0.05, 0.1) is 17.5 Å². The van der Waals surface area contributed by atoms with Gasteiger partial charge in [0.1, 0.15) is 11.6 Å². The molecule has 2 aliphatic carbocycles. The maximum absolute atomic E-state index is 14.2. The second-order valence-corrected chi connectivity index (χ2v) is 12.3. The monoisotopic (exact) mass is 620 g/mol. The number of alkyl halides is 2. The molecule has 2 aromatic rings. The van der Waals surface area contributed by atoms with E-state index in [1.807, 2.05) is 0 Å². The van der Waals surface area contributed by atoms with Crippen molar-refractivity contribution in [2.45, 2.75) is 28.5 Å². The third-order valence-corrected chi connectivity index (χ3v) is 10.3. The molecule has 2 aromatic carbocycles. The summed E-state index contributed by atoms with van der Waals surface area (Å²) < 4.78 is 14.2. The highest BCUT2D eigenvalue weighted by molar-refractivity contribution is 9.10. The SMILES string of the molecule is CN1C(=O)[C@H]2[C@H](CC=C3[C@H]2C[C@@]2(Cl)C(=O)N(c4ccc(F)cc4)C(=O)[C@@]2(Cl)[C@H]3c2cc(Br)ccc2O)C1=O. The molecule has 4 amide bonds. The molecule has 196 valence electrons. The zero-order chi connectivity index (χ0) is 27.3. The average molecular weight is 622 g/mol. The van der Waals surface area contributed by atoms with Crippen LogP contribution in [0, 0.1) is 23.6 Å². The predicted octanol–water partition coefficient (Wildman–Crippen LogP) is 4.49. The lowest BCUT2D eigenvalue weighted by atomic mass is 9.56. The van der Waals surface area contributed by atoms with Crippen LogP contribution in [0.3, 0.4) is 0 Å². The van der Waals surface area contributed by atoms with E-state index in [9.17, 15) is 28.7 Å². The van der Waals surface area contributed by atoms with Crippen LogP contribution in [-0.2, 0) is 19.2 Å². The molecule has 7 nitrogen and oxygen atoms in total. The number of nitrogens with zero attached hydrogens (tertiary/aromatic N) is 2. The molecule has 6 rings (SSSR count). The maximum atomic E-state index is 14.2. The lowest BCUT2D eigenvalue weighted by Crippen LogP contribution is -2.60. The van der Waals surface area contributed by atoms with Crippen molar-refractivity contribution in [3.8, 4) is 5.75 Å². The van der Waals surface area contributed by atoms with Gasteiger partial charge in [-0.05, 0) is 61.2 Å². The summed E-state index contributed by atoms with van der Waals surface area (Å²) in [4.78, 5) is 52.1. The van der Waals surface area contributed by atoms with E-state index in [2.05, 4.69) is 15.9 Å². The number of fused-ring (bicyclic) bond motifs is 4. The molecule has 0 spiro atoms. The predicted molar refractivity (Wildman–Crippen MR) is 140 cm³/mol. The fourth-order valence-electron chi connectivity index (χ4n) is 6.66. The van der Waals surface area contributed by atoms with Crippen LogP contribution in [0.15, 0.2) is 58.6 Å². The molecule has 1 saturated carbocycles. The van der Waals surface area contributed by atoms with Crippen molar-refractivity contribution in [2.75, 3.05) is 11.9 Å². The van der Waals surface area contributed by atoms with Crippen LogP contribution in [0.1, 0.15) is 24.3 Å². The Balaban J connectivity index is 1.60. The van der Waals surface area contributed by atoms with E-state index in [-0.39, 0.29) is 41.7 Å². The van der Waals surface area contributed by atoms with Crippen LogP contribution in [0.5, 0.6) is 5.75 Å². The molecule has 6 atom stereocenters. The number of aromatic hydroxyl groups is 1. The summed E-state index contributed by atoms with van der Waals surface area (Å²) in [7, 11) is 1.42. The van der Waals surface area contributed by atoms with Crippen molar-refractivity contribution < 1.29 is 28.7 Å². The number of phenolic OH excluding ortho intramolecular Hbond substituents is 1. The first-order valence-electron chi connectivity index (χ1n) is 11.9. The first-order chi connectivity index (χ1) is 17.9. The second-order valence-electron chi connectivity index (χ2n) is 10.2. The fraction of sp³-hybridized carbons (Fsp3) is 0.333. The van der Waals surface area contributed by atoms with Crippen LogP contribution >= 0.6 is 39.1 Å². The molecule has 3 fully saturated rings. The van der Waals surface area contributed by atoms with Gasteiger partial charge in [0.15, 0.2) is 9.75 Å². The summed E-state index contributed by atoms with van der Waals surface area (Å²) in [5.41, 5.74) is 0.917. The highest BCUT2D eigenvalue weighted by atomic mass is 79.9. The Hall–Kier alpha value is -2.75. The Morgan fingerprint density at radius 1 is 1.00 bits per heavy atom. The van der Waals surface area contributed by atoms with E-state index in [1.54, 1.807) is 18.2 Å². The summed E-state index contributed by atoms with van der Waals surface area (Å²) in [5.74, 6) is -6.26. The number of phenols is 1. The number of imide groups is 2. The largest absolute Gasteiger partial charge is 0.508 e. The molecule has 4 aliphatic rings. The van der Waals surface area contributed by atoms with Crippen LogP contribution in [-0.4, -0.2) is 50.4 Å². The first kappa shape index (κ1) is 25.5. The minimum absolute atomic E-state index is 0.0924. The Morgan fingerprint density at radius 3 is 2.37 bits per heavy atom. The highest BCUT2D eigenvalue weighted by Crippen LogP contribution is 2.66. The van der Waals surface area contributed by atoms with Crippen molar-refractivity contribution in [3.05, 3.63) is 70.0 Å². The summed E-state index contributed by atoms with van der Waals surface area (Å²) in [6.07, 6.45) is 1.86. The molecule has 11 heteroatoms. The first-order valence-corrected chi connectivity index (χ1v) is 13.5. The van der Waals surface area contributed by atoms with Gasteiger partial charge in [-0.3, -0.25) is 24.1 Å². The molecule has 0 aromatic heterocycles. The van der Waals surface area contributed by atoms with Crippen LogP contribution in [0.2, 0.25) is 0 Å². The Kier molecular flexibility index (Phi) is 5.62. The van der Waals surface area contributed by atoms with Gasteiger partial charge < -0.3 is 5.11 Å². The van der Waals surface area contributed by atoms with E-state index in [0.29, 0.717) is 10.0 Å². The molecule has 2 saturated heterocycles. The number of halogens is 4. The molecule has 0 unspecified atom stereocenters. The Morgan fingerprint density at radius 2 is 1.68 bits per heavy atom. The van der Waals surface area contributed by atoms with Gasteiger partial charge in [0.25, 0.3) is 11.8 Å². The average Bonchev–Trinajstić information content (AvgIpc) is 3.19. The summed E-state index contributed by atoms with van der Waals surface area (Å²) >= 11 is 17.8. The van der Waals surface area contributed by atoms with Gasteiger partial charge in [0, 0.05) is 23.0 Å². The number of anilines is 1. The summed E-state index contributed by atoms with van der Waals surface area (Å²) in [6, 6.07) is 9.44. The number of likely N-dealkylation sites (tertiary alicyclic amines) is 1. The number of hydrogen-bond acceptors (Lipinski definition) is 5. The number of carbonyl (C=O) groups is 4. The standard InChI is InChI=1S/C27H20BrCl2FN2O5/c1-32-22(35)16-8-7-15-18(20(16)23(32)36)11-26(29)24(37)33(14-5-3-13(31)4-6-14)25(38)27(26,30)21(15)17-10-12(28)2-9-19(17)34/h2-7,9-10,16,18,20-21,34H,8,11H2,1H3/t16-,18+,20-,21+,26+,27-/m0/s1. The van der Waals surface area contributed by atoms with E-state index in [4.69, 9.17) is 23.2 Å². The van der Waals surface area contributed by atoms with Gasteiger partial charge in [-0.25, -0.2) is 9.29 Å². The van der Waals surface area contributed by atoms with Gasteiger partial charge in [-0.2, -0.15) is 0 Å². The number of benzene rings is 2. The van der Waals surface area contributed by atoms with Gasteiger partial charge in [0.2, 0.25) is 11.8 Å². The van der Waals surface area contributed by atoms with Gasteiger partial charge in [-0.15, -0.1) is 23.2 Å². The Labute approximate surface area is 235 Å². The molecule has 2 heterocycles. The number of amides is 4. The van der Waals surface area contributed by atoms with Crippen molar-refractivity contribution in [1.29, 1.82) is 0 Å². The van der Waals surface area contributed by atoms with E-state index in [1.165, 1.54) is 25.2 Å². The summed E-state index contributed by atoms with van der Waals surface area (Å²) in [5, 5.41) is 11.0. The number of rotatable bonds is 2. The minimum atomic E-state index is -2.09. The smallest absolute Gasteiger partial charge is 0.258 e. The zero-order valence-electron chi connectivity index (χ0n) is 19.8. The molecule has 0 bridgehead atoms. The van der Waals surface area contributed by atoms with E-state index < -0.39 is 51.1 Å². The number of allylic oxidation sites excluding steroid dienone is 2. The van der Waals surface area contributed by atoms with Crippen molar-refractivity contribution in [3.63, 3.8) is 0 Å². The lowest BCUT2D eigenvalue weighted by Gasteiger charge is -2.50. The molecular weight excluding hydrogens is 602 g/mol. The lowest BCUT2D eigenvalue weighted by molar-refractivity contribution is -0.138. The molecule has 2 aliphatic heterocycles.